The van der Waals surface area contributed by atoms with Crippen LogP contribution in [0.15, 0.2) is 36.4 Å². The number of methoxy groups -OCH3 is 1. The molecule has 3 heterocycles. The fraction of sp³-hybridized carbons (Fsp3) is 0.520. The fourth-order valence-corrected chi connectivity index (χ4v) is 4.93. The van der Waals surface area contributed by atoms with Crippen LogP contribution in [0.5, 0.6) is 23.0 Å². The third-order valence-electron chi connectivity index (χ3n) is 6.82. The first-order valence-electron chi connectivity index (χ1n) is 11.4. The molecule has 1 saturated heterocycles. The first-order valence-corrected chi connectivity index (χ1v) is 11.4. The number of nitrogens with zero attached hydrogens (tertiary/aromatic N) is 1. The summed E-state index contributed by atoms with van der Waals surface area (Å²) < 4.78 is 23.1. The lowest BCUT2D eigenvalue weighted by atomic mass is 9.81. The van der Waals surface area contributed by atoms with Gasteiger partial charge >= 0.3 is 0 Å². The molecule has 7 nitrogen and oxygen atoms in total. The van der Waals surface area contributed by atoms with Gasteiger partial charge in [-0.15, -0.1) is 0 Å². The van der Waals surface area contributed by atoms with Gasteiger partial charge < -0.3 is 34.1 Å². The molecular weight excluding hydrogens is 410 g/mol. The van der Waals surface area contributed by atoms with Crippen molar-refractivity contribution in [3.05, 3.63) is 47.5 Å². The molecule has 3 aliphatic rings. The number of ether oxygens (including phenoxy) is 4. The second-order valence-electron chi connectivity index (χ2n) is 8.98. The van der Waals surface area contributed by atoms with Crippen LogP contribution in [0.2, 0.25) is 0 Å². The van der Waals surface area contributed by atoms with Gasteiger partial charge in [-0.1, -0.05) is 6.07 Å². The minimum absolute atomic E-state index is 0.363. The van der Waals surface area contributed by atoms with E-state index in [0.29, 0.717) is 31.9 Å². The van der Waals surface area contributed by atoms with Gasteiger partial charge in [-0.2, -0.15) is 0 Å². The van der Waals surface area contributed by atoms with E-state index in [1.165, 1.54) is 0 Å². The molecule has 0 saturated carbocycles. The smallest absolute Gasteiger partial charge is 0.161 e. The summed E-state index contributed by atoms with van der Waals surface area (Å²) in [7, 11) is 1.62. The Balaban J connectivity index is 1.21. The summed E-state index contributed by atoms with van der Waals surface area (Å²) in [6, 6.07) is 11.3. The number of rotatable bonds is 4. The van der Waals surface area contributed by atoms with Crippen LogP contribution < -0.4 is 18.9 Å². The molecular formula is C25H31NO6. The van der Waals surface area contributed by atoms with Crippen molar-refractivity contribution in [1.82, 2.24) is 4.90 Å². The zero-order valence-corrected chi connectivity index (χ0v) is 18.5. The van der Waals surface area contributed by atoms with E-state index in [4.69, 9.17) is 18.9 Å². The molecule has 0 radical (unpaired) electrons. The summed E-state index contributed by atoms with van der Waals surface area (Å²) in [5.74, 6) is 2.91. The molecule has 0 aromatic heterocycles. The maximum absolute atomic E-state index is 10.8. The summed E-state index contributed by atoms with van der Waals surface area (Å²) in [6.45, 7) is 3.44. The maximum atomic E-state index is 10.8. The van der Waals surface area contributed by atoms with E-state index in [1.54, 1.807) is 7.11 Å². The Hall–Kier alpha value is -2.48. The molecule has 2 unspecified atom stereocenters. The monoisotopic (exact) mass is 441 g/mol. The van der Waals surface area contributed by atoms with Crippen LogP contribution in [0.3, 0.4) is 0 Å². The largest absolute Gasteiger partial charge is 0.497 e. The Morgan fingerprint density at radius 3 is 2.59 bits per heavy atom. The second kappa shape index (κ2) is 8.81. The van der Waals surface area contributed by atoms with Crippen molar-refractivity contribution in [2.24, 2.45) is 0 Å². The van der Waals surface area contributed by atoms with Crippen LogP contribution >= 0.6 is 0 Å². The quantitative estimate of drug-likeness (QED) is 0.754. The number of fused-ring (bicyclic) bond motifs is 2. The highest BCUT2D eigenvalue weighted by Crippen LogP contribution is 2.45. The Labute approximate surface area is 188 Å². The van der Waals surface area contributed by atoms with E-state index in [0.717, 1.165) is 60.7 Å². The standard InChI is InChI=1S/C25H31NO6/c1-29-18-4-6-22-19(14-18)20(27)15-25(32-22)7-9-26(10-8-25)16-21(28)17-3-5-23-24(13-17)31-12-2-11-30-23/h3-6,13-14,20-21,27-28H,2,7-12,15-16H2,1H3. The molecule has 2 aromatic carbocycles. The van der Waals surface area contributed by atoms with Crippen molar-refractivity contribution in [3.63, 3.8) is 0 Å². The van der Waals surface area contributed by atoms with Crippen molar-refractivity contribution in [1.29, 1.82) is 0 Å². The summed E-state index contributed by atoms with van der Waals surface area (Å²) in [5.41, 5.74) is 1.27. The van der Waals surface area contributed by atoms with Crippen molar-refractivity contribution in [3.8, 4) is 23.0 Å². The first-order chi connectivity index (χ1) is 15.5. The SMILES string of the molecule is COc1ccc2c(c1)C(O)CC1(CCN(CC(O)c3ccc4c(c3)OCCCO4)CC1)O2. The Bertz CT molecular complexity index is 955. The van der Waals surface area contributed by atoms with E-state index >= 15 is 0 Å². The number of aliphatic hydroxyl groups excluding tert-OH is 2. The van der Waals surface area contributed by atoms with Crippen LogP contribution in [0.1, 0.15) is 49.0 Å². The molecule has 2 aromatic rings. The zero-order chi connectivity index (χ0) is 22.1. The molecule has 32 heavy (non-hydrogen) atoms. The molecule has 3 aliphatic heterocycles. The van der Waals surface area contributed by atoms with Crippen LogP contribution in [0, 0.1) is 0 Å². The van der Waals surface area contributed by atoms with Crippen molar-refractivity contribution >= 4 is 0 Å². The molecule has 0 bridgehead atoms. The van der Waals surface area contributed by atoms with Gasteiger partial charge in [0.05, 0.1) is 32.5 Å². The van der Waals surface area contributed by atoms with Crippen LogP contribution in [-0.4, -0.2) is 60.7 Å². The topological polar surface area (TPSA) is 80.6 Å². The van der Waals surface area contributed by atoms with E-state index in [9.17, 15) is 10.2 Å². The van der Waals surface area contributed by atoms with Gasteiger partial charge in [0, 0.05) is 38.0 Å². The van der Waals surface area contributed by atoms with Gasteiger partial charge in [-0.3, -0.25) is 0 Å². The third-order valence-corrected chi connectivity index (χ3v) is 6.82. The summed E-state index contributed by atoms with van der Waals surface area (Å²) in [4.78, 5) is 2.26. The van der Waals surface area contributed by atoms with Crippen molar-refractivity contribution < 1.29 is 29.2 Å². The van der Waals surface area contributed by atoms with E-state index in [2.05, 4.69) is 4.90 Å². The van der Waals surface area contributed by atoms with Gasteiger partial charge in [0.25, 0.3) is 0 Å². The van der Waals surface area contributed by atoms with E-state index < -0.39 is 12.2 Å². The average Bonchev–Trinajstić information content (AvgIpc) is 3.05. The molecule has 172 valence electrons. The van der Waals surface area contributed by atoms with Gasteiger partial charge in [-0.25, -0.2) is 0 Å². The lowest BCUT2D eigenvalue weighted by Gasteiger charge is -2.46. The van der Waals surface area contributed by atoms with E-state index in [-0.39, 0.29) is 5.60 Å². The third kappa shape index (κ3) is 4.25. The minimum Gasteiger partial charge on any atom is -0.497 e. The number of aliphatic hydroxyl groups is 2. The highest BCUT2D eigenvalue weighted by Gasteiger charge is 2.43. The summed E-state index contributed by atoms with van der Waals surface area (Å²) >= 11 is 0. The number of benzene rings is 2. The predicted molar refractivity (Wildman–Crippen MR) is 119 cm³/mol. The number of hydrogen-bond acceptors (Lipinski definition) is 7. The summed E-state index contributed by atoms with van der Waals surface area (Å²) in [6.07, 6.45) is 1.88. The lowest BCUT2D eigenvalue weighted by Crippen LogP contribution is -2.51. The molecule has 1 spiro atoms. The number of likely N-dealkylation sites (tertiary alicyclic amines) is 1. The molecule has 2 atom stereocenters. The number of piperidine rings is 1. The van der Waals surface area contributed by atoms with Gasteiger partial charge in [0.1, 0.15) is 17.1 Å². The first kappa shape index (κ1) is 21.4. The fourth-order valence-electron chi connectivity index (χ4n) is 4.93. The Kier molecular flexibility index (Phi) is 5.88. The Morgan fingerprint density at radius 2 is 1.81 bits per heavy atom. The predicted octanol–water partition coefficient (Wildman–Crippen LogP) is 3.24. The van der Waals surface area contributed by atoms with Crippen LogP contribution in [0.4, 0.5) is 0 Å². The maximum Gasteiger partial charge on any atom is 0.161 e. The normalized spacial score (nSPS) is 23.0. The molecule has 0 amide bonds. The van der Waals surface area contributed by atoms with Crippen LogP contribution in [-0.2, 0) is 0 Å². The second-order valence-corrected chi connectivity index (χ2v) is 8.98. The van der Waals surface area contributed by atoms with Crippen molar-refractivity contribution in [2.75, 3.05) is 40.0 Å². The Morgan fingerprint density at radius 1 is 1.06 bits per heavy atom. The average molecular weight is 442 g/mol. The minimum atomic E-state index is -0.604. The van der Waals surface area contributed by atoms with Crippen molar-refractivity contribution in [2.45, 2.75) is 43.5 Å². The molecule has 7 heteroatoms. The van der Waals surface area contributed by atoms with Crippen LogP contribution in [0.25, 0.3) is 0 Å². The van der Waals surface area contributed by atoms with Gasteiger partial charge in [0.2, 0.25) is 0 Å². The molecule has 5 rings (SSSR count). The number of hydrogen-bond donors (Lipinski definition) is 2. The summed E-state index contributed by atoms with van der Waals surface area (Å²) in [5, 5.41) is 21.6. The van der Waals surface area contributed by atoms with Gasteiger partial charge in [0.15, 0.2) is 11.5 Å². The molecule has 2 N–H and O–H groups in total. The lowest BCUT2D eigenvalue weighted by molar-refractivity contribution is -0.0588. The van der Waals surface area contributed by atoms with Gasteiger partial charge in [-0.05, 0) is 48.7 Å². The van der Waals surface area contributed by atoms with E-state index in [1.807, 2.05) is 36.4 Å². The highest BCUT2D eigenvalue weighted by molar-refractivity contribution is 5.45. The number of β-amino-alcohol motifs (C(OH)–C–C–N with tert-alkyl or cyclic N) is 1. The highest BCUT2D eigenvalue weighted by atomic mass is 16.5. The molecule has 0 aliphatic carbocycles. The zero-order valence-electron chi connectivity index (χ0n) is 18.5. The molecule has 1 fully saturated rings.